The number of likely N-dealkylation sites (tertiary alicyclic amines) is 2. The van der Waals surface area contributed by atoms with Gasteiger partial charge in [0.05, 0.1) is 38.2 Å². The highest BCUT2D eigenvalue weighted by Gasteiger charge is 2.37. The number of rotatable bonds is 31. The second kappa shape index (κ2) is 46.2. The fourth-order valence-electron chi connectivity index (χ4n) is 15.3. The number of hydrogen-bond acceptors (Lipinski definition) is 12. The van der Waals surface area contributed by atoms with Crippen LogP contribution in [0.5, 0.6) is 0 Å². The van der Waals surface area contributed by atoms with E-state index in [0.717, 1.165) is 121 Å². The molecule has 0 aromatic heterocycles. The molecule has 5 heterocycles. The summed E-state index contributed by atoms with van der Waals surface area (Å²) in [5.74, 6) is 0.873. The van der Waals surface area contributed by atoms with Gasteiger partial charge in [0.1, 0.15) is 0 Å². The first-order valence-corrected chi connectivity index (χ1v) is 42.0. The number of hydrogen-bond donors (Lipinski definition) is 7. The third kappa shape index (κ3) is 28.8. The summed E-state index contributed by atoms with van der Waals surface area (Å²) in [6.07, 6.45) is 16.0. The van der Waals surface area contributed by atoms with Gasteiger partial charge in [-0.05, 0) is 193 Å². The van der Waals surface area contributed by atoms with Crippen molar-refractivity contribution in [2.45, 2.75) is 205 Å². The van der Waals surface area contributed by atoms with Crippen molar-refractivity contribution in [2.24, 2.45) is 11.1 Å². The second-order valence-electron chi connectivity index (χ2n) is 30.6. The van der Waals surface area contributed by atoms with Crippen LogP contribution in [-0.4, -0.2) is 206 Å². The molecule has 5 saturated heterocycles. The molecule has 0 aliphatic carbocycles. The van der Waals surface area contributed by atoms with Gasteiger partial charge in [0.15, 0.2) is 0 Å². The summed E-state index contributed by atoms with van der Waals surface area (Å²) in [7, 11) is 0. The van der Waals surface area contributed by atoms with E-state index in [1.54, 1.807) is 31.2 Å². The Kier molecular flexibility index (Phi) is 37.5. The number of halogens is 5. The molecule has 0 radical (unpaired) electrons. The van der Waals surface area contributed by atoms with Crippen LogP contribution in [0.25, 0.3) is 0 Å². The molecule has 5 fully saturated rings. The van der Waals surface area contributed by atoms with Gasteiger partial charge in [0.2, 0.25) is 23.6 Å². The fraction of sp³-hybridized carbons (Fsp3) is 0.576. The van der Waals surface area contributed by atoms with Gasteiger partial charge in [-0.3, -0.25) is 24.0 Å². The van der Waals surface area contributed by atoms with Crippen molar-refractivity contribution < 1.29 is 28.8 Å². The molecule has 8 N–H and O–H groups in total. The minimum Gasteiger partial charge on any atom is -0.350 e. The van der Waals surface area contributed by atoms with Gasteiger partial charge >= 0.3 is 6.03 Å². The number of nitrogens with two attached hydrogens (primary N) is 1. The Morgan fingerprint density at radius 2 is 0.991 bits per heavy atom. The lowest BCUT2D eigenvalue weighted by molar-refractivity contribution is -0.134. The van der Waals surface area contributed by atoms with Crippen LogP contribution in [0.4, 0.5) is 4.79 Å². The Morgan fingerprint density at radius 1 is 0.532 bits per heavy atom. The molecule has 7 amide bonds. The first-order valence-electron chi connectivity index (χ1n) is 40.2. The number of nitrogens with one attached hydrogen (secondary N) is 6. The molecule has 0 spiro atoms. The Balaban J connectivity index is 0.000000208. The summed E-state index contributed by atoms with van der Waals surface area (Å²) in [5.41, 5.74) is 10.8. The molecule has 109 heavy (non-hydrogen) atoms. The Hall–Kier alpha value is -6.07. The van der Waals surface area contributed by atoms with Crippen LogP contribution in [0, 0.1) is 5.41 Å². The van der Waals surface area contributed by atoms with E-state index in [1.165, 1.54) is 49.7 Å². The number of carbonyl (C=O) groups is 6. The van der Waals surface area contributed by atoms with Crippen LogP contribution >= 0.6 is 58.0 Å². The van der Waals surface area contributed by atoms with Crippen molar-refractivity contribution in [3.05, 3.63) is 174 Å². The van der Waals surface area contributed by atoms with Gasteiger partial charge in [-0.2, -0.15) is 0 Å². The van der Waals surface area contributed by atoms with Crippen LogP contribution in [-0.2, 0) is 32.3 Å². The molecule has 5 aliphatic rings. The predicted molar refractivity (Wildman–Crippen MR) is 445 cm³/mol. The highest BCUT2D eigenvalue weighted by Crippen LogP contribution is 2.31. The van der Waals surface area contributed by atoms with Crippen molar-refractivity contribution in [2.75, 3.05) is 105 Å². The van der Waals surface area contributed by atoms with Crippen LogP contribution in [0.2, 0.25) is 25.1 Å². The van der Waals surface area contributed by atoms with Gasteiger partial charge in [-0.25, -0.2) is 4.79 Å². The molecule has 8 atom stereocenters. The highest BCUT2D eigenvalue weighted by atomic mass is 35.5. The number of piperidine rings is 2. The quantitative estimate of drug-likeness (QED) is 0.0220. The minimum atomic E-state index is -0.331. The van der Waals surface area contributed by atoms with Gasteiger partial charge in [0, 0.05) is 133 Å². The summed E-state index contributed by atoms with van der Waals surface area (Å²) in [6.45, 7) is 25.8. The lowest BCUT2D eigenvalue weighted by atomic mass is 9.84. The van der Waals surface area contributed by atoms with Crippen molar-refractivity contribution in [3.8, 4) is 0 Å². The summed E-state index contributed by atoms with van der Waals surface area (Å²) in [4.78, 5) is 91.6. The van der Waals surface area contributed by atoms with E-state index in [1.807, 2.05) is 58.3 Å². The summed E-state index contributed by atoms with van der Waals surface area (Å²) < 4.78 is 0. The van der Waals surface area contributed by atoms with Crippen LogP contribution in [0.3, 0.4) is 0 Å². The third-order valence-electron chi connectivity index (χ3n) is 22.7. The molecule has 10 rings (SSSR count). The Bertz CT molecular complexity index is 3610. The molecule has 5 aromatic carbocycles. The first kappa shape index (κ1) is 88.5. The minimum absolute atomic E-state index is 0.000272. The molecule has 0 bridgehead atoms. The highest BCUT2D eigenvalue weighted by molar-refractivity contribution is 6.42. The molecule has 5 aromatic rings. The normalized spacial score (nSPS) is 21.0. The number of benzene rings is 5. The molecule has 0 unspecified atom stereocenters. The van der Waals surface area contributed by atoms with E-state index < -0.39 is 0 Å². The zero-order chi connectivity index (χ0) is 78.2. The van der Waals surface area contributed by atoms with E-state index in [-0.39, 0.29) is 77.2 Å². The smallest absolute Gasteiger partial charge is 0.315 e. The van der Waals surface area contributed by atoms with E-state index in [4.69, 9.17) is 63.7 Å². The molecule has 598 valence electrons. The van der Waals surface area contributed by atoms with Gasteiger partial charge in [-0.1, -0.05) is 184 Å². The average molecular weight is 1600 g/mol. The van der Waals surface area contributed by atoms with Crippen LogP contribution < -0.4 is 37.6 Å². The SMILES string of the molecule is CCC(C)(CC)CN1CC[C@@H](CNC(=O)c2ccc(Cl)c(Cl)c2)N[C@@H](CCN)C1=O.CC[C@H](CN1CC[C@@H](CN(Cc2ccc(Cl)c(Cl)c2)C(C)=O)N[C@@H](CCN2CCCCC2)C1=O)c1ccccc1.CC[C@H](CN1CC[C@@H](CNC(=O)NCc2ccc(Cl)cc2)N[C@@H](CCN2CCCCC2)C1=O)c1ccccc1. The summed E-state index contributed by atoms with van der Waals surface area (Å²) >= 11 is 30.2. The molecular formula is C85H122Cl5N13O6. The molecule has 19 nitrogen and oxygen atoms in total. The zero-order valence-corrected chi connectivity index (χ0v) is 69.1. The van der Waals surface area contributed by atoms with Gasteiger partial charge < -0.3 is 67.0 Å². The molecule has 24 heteroatoms. The Labute approximate surface area is 674 Å². The second-order valence-corrected chi connectivity index (χ2v) is 32.7. The van der Waals surface area contributed by atoms with Crippen molar-refractivity contribution in [1.82, 2.24) is 61.3 Å². The van der Waals surface area contributed by atoms with Gasteiger partial charge in [0.25, 0.3) is 5.91 Å². The summed E-state index contributed by atoms with van der Waals surface area (Å²) in [5, 5.41) is 22.0. The molecular weight excluding hydrogens is 1480 g/mol. The van der Waals surface area contributed by atoms with Crippen molar-refractivity contribution >= 4 is 93.6 Å². The fourth-order valence-corrected chi connectivity index (χ4v) is 16.1. The average Bonchev–Trinajstić information content (AvgIpc) is 1.79. The summed E-state index contributed by atoms with van der Waals surface area (Å²) in [6, 6.07) is 37.8. The zero-order valence-electron chi connectivity index (χ0n) is 65.3. The maximum atomic E-state index is 14.0. The Morgan fingerprint density at radius 3 is 1.48 bits per heavy atom. The maximum Gasteiger partial charge on any atom is 0.315 e. The van der Waals surface area contributed by atoms with Crippen LogP contribution in [0.15, 0.2) is 121 Å². The van der Waals surface area contributed by atoms with E-state index in [0.29, 0.717) is 114 Å². The van der Waals surface area contributed by atoms with Crippen LogP contribution in [0.1, 0.15) is 189 Å². The predicted octanol–water partition coefficient (Wildman–Crippen LogP) is 14.2. The standard InChI is InChI=1S/C32H44Cl2N4O2.C31H44ClN5O2.C22H34Cl2N4O2/c1-3-26(27-10-6-4-7-11-27)22-37-19-14-28(35-31(32(37)40)15-18-36-16-8-5-9-17-36)23-38(24(2)39)21-25-12-13-29(33)30(34)20-25;1-2-25(26-9-5-3-6-10-26)23-37-20-15-28(22-34-31(39)33-21-24-11-13-27(32)14-12-24)35-29(30(37)38)16-19-36-17-7-4-8-18-36;1-4-22(3,5-2)14-28-11-9-16(27-19(8-10-25)21(28)30)13-26-20(29)15-6-7-17(23)18(24)12-15/h4,6-7,10-13,20,26,28,31,35H,3,5,8-9,14-19,21-23H2,1-2H3;3,5-6,9-14,25,28-29,35H,2,4,7-8,15-23H2,1H3,(H2,33,34,39);6-7,12,16,19,27H,4-5,8-11,13-14,25H2,1-3H3,(H,26,29)/t26-,28+,31+;25-,28+,29+;16-,19-/m110/s1. The number of urea groups is 1. The number of nitrogens with zero attached hydrogens (tertiary/aromatic N) is 6. The number of carbonyl (C=O) groups excluding carboxylic acids is 6. The van der Waals surface area contributed by atoms with E-state index >= 15 is 0 Å². The number of amides is 7. The largest absolute Gasteiger partial charge is 0.350 e. The lowest BCUT2D eigenvalue weighted by Gasteiger charge is -2.34. The maximum absolute atomic E-state index is 14.0. The van der Waals surface area contributed by atoms with E-state index in [9.17, 15) is 28.8 Å². The lowest BCUT2D eigenvalue weighted by Crippen LogP contribution is -2.51. The molecule has 0 saturated carbocycles. The monoisotopic (exact) mass is 1600 g/mol. The van der Waals surface area contributed by atoms with Gasteiger partial charge in [-0.15, -0.1) is 0 Å². The van der Waals surface area contributed by atoms with Crippen molar-refractivity contribution in [3.63, 3.8) is 0 Å². The first-order chi connectivity index (χ1) is 52.6. The van der Waals surface area contributed by atoms with Crippen molar-refractivity contribution in [1.29, 1.82) is 0 Å². The third-order valence-corrected chi connectivity index (χ3v) is 24.4. The van der Waals surface area contributed by atoms with E-state index in [2.05, 4.69) is 135 Å². The topological polar surface area (TPSA) is 220 Å². The molecule has 5 aliphatic heterocycles.